The van der Waals surface area contributed by atoms with Crippen LogP contribution < -0.4 is 0 Å². The number of aliphatic imine (C=N–C) groups is 1. The number of allylic oxidation sites excluding steroid dienone is 1. The van der Waals surface area contributed by atoms with E-state index in [0.29, 0.717) is 5.56 Å². The molecule has 0 atom stereocenters. The van der Waals surface area contributed by atoms with E-state index in [2.05, 4.69) is 4.99 Å². The van der Waals surface area contributed by atoms with Gasteiger partial charge in [-0.2, -0.15) is 0 Å². The van der Waals surface area contributed by atoms with E-state index in [0.717, 1.165) is 11.3 Å². The summed E-state index contributed by atoms with van der Waals surface area (Å²) in [5, 5.41) is 20.5. The highest BCUT2D eigenvalue weighted by molar-refractivity contribution is 5.87. The molecule has 1 N–H and O–H groups in total. The van der Waals surface area contributed by atoms with E-state index in [1.807, 2.05) is 43.3 Å². The lowest BCUT2D eigenvalue weighted by Gasteiger charge is -2.01. The van der Waals surface area contributed by atoms with Gasteiger partial charge in [-0.3, -0.25) is 15.1 Å². The first-order chi connectivity index (χ1) is 10.1. The van der Waals surface area contributed by atoms with Crippen LogP contribution in [0.1, 0.15) is 18.1 Å². The molecule has 2 aromatic rings. The molecule has 0 spiro atoms. The van der Waals surface area contributed by atoms with Crippen molar-refractivity contribution >= 4 is 23.7 Å². The highest BCUT2D eigenvalue weighted by Gasteiger charge is 2.08. The molecule has 0 aromatic heterocycles. The van der Waals surface area contributed by atoms with Crippen molar-refractivity contribution in [2.24, 2.45) is 4.99 Å². The van der Waals surface area contributed by atoms with Crippen LogP contribution in [0.15, 0.2) is 53.5 Å². The molecule has 2 aromatic carbocycles. The van der Waals surface area contributed by atoms with Gasteiger partial charge in [-0.05, 0) is 24.6 Å². The number of rotatable bonds is 4. The van der Waals surface area contributed by atoms with Crippen molar-refractivity contribution in [3.63, 3.8) is 0 Å². The maximum atomic E-state index is 10.7. The summed E-state index contributed by atoms with van der Waals surface area (Å²) >= 11 is 0. The molecule has 0 aliphatic rings. The summed E-state index contributed by atoms with van der Waals surface area (Å²) in [7, 11) is 0. The standard InChI is InChI=1S/C16H14N2O3/c1-2-5-12-6-3-4-7-15(12)17-11-13-10-14(18(20)21)8-9-16(13)19/h2-11,19H,1H3/b5-2+,17-11?. The number of phenols is 1. The van der Waals surface area contributed by atoms with Gasteiger partial charge in [0.1, 0.15) is 5.75 Å². The molecule has 0 heterocycles. The van der Waals surface area contributed by atoms with Crippen molar-refractivity contribution < 1.29 is 10.0 Å². The average Bonchev–Trinajstić information content (AvgIpc) is 2.48. The van der Waals surface area contributed by atoms with Crippen molar-refractivity contribution in [1.82, 2.24) is 0 Å². The summed E-state index contributed by atoms with van der Waals surface area (Å²) in [5.74, 6) is -0.0483. The summed E-state index contributed by atoms with van der Waals surface area (Å²) in [4.78, 5) is 14.5. The summed E-state index contributed by atoms with van der Waals surface area (Å²) < 4.78 is 0. The maximum Gasteiger partial charge on any atom is 0.270 e. The first kappa shape index (κ1) is 14.5. The molecule has 21 heavy (non-hydrogen) atoms. The smallest absolute Gasteiger partial charge is 0.270 e. The highest BCUT2D eigenvalue weighted by Crippen LogP contribution is 2.24. The molecule has 0 fully saturated rings. The molecule has 5 heteroatoms. The predicted molar refractivity (Wildman–Crippen MR) is 83.2 cm³/mol. The molecular weight excluding hydrogens is 268 g/mol. The average molecular weight is 282 g/mol. The van der Waals surface area contributed by atoms with Crippen molar-refractivity contribution in [3.05, 3.63) is 69.8 Å². The van der Waals surface area contributed by atoms with Gasteiger partial charge in [0.2, 0.25) is 0 Å². The number of benzene rings is 2. The lowest BCUT2D eigenvalue weighted by atomic mass is 10.1. The number of hydrogen-bond acceptors (Lipinski definition) is 4. The molecule has 0 saturated carbocycles. The van der Waals surface area contributed by atoms with E-state index in [-0.39, 0.29) is 11.4 Å². The van der Waals surface area contributed by atoms with E-state index in [1.165, 1.54) is 24.4 Å². The fourth-order valence-electron chi connectivity index (χ4n) is 1.82. The Kier molecular flexibility index (Phi) is 4.46. The third-order valence-corrected chi connectivity index (χ3v) is 2.85. The van der Waals surface area contributed by atoms with Crippen molar-refractivity contribution in [2.45, 2.75) is 6.92 Å². The Labute approximate surface area is 122 Å². The molecule has 5 nitrogen and oxygen atoms in total. The van der Waals surface area contributed by atoms with Gasteiger partial charge < -0.3 is 5.11 Å². The van der Waals surface area contributed by atoms with Crippen LogP contribution in [0, 0.1) is 10.1 Å². The van der Waals surface area contributed by atoms with Gasteiger partial charge >= 0.3 is 0 Å². The molecule has 0 saturated heterocycles. The Hall–Kier alpha value is -2.95. The van der Waals surface area contributed by atoms with Crippen molar-refractivity contribution in [3.8, 4) is 5.75 Å². The second-order valence-corrected chi connectivity index (χ2v) is 4.32. The zero-order chi connectivity index (χ0) is 15.2. The summed E-state index contributed by atoms with van der Waals surface area (Å²) in [6.45, 7) is 1.91. The fourth-order valence-corrected chi connectivity index (χ4v) is 1.82. The number of phenolic OH excluding ortho intramolecular Hbond substituents is 1. The second-order valence-electron chi connectivity index (χ2n) is 4.32. The van der Waals surface area contributed by atoms with Crippen LogP contribution in [-0.4, -0.2) is 16.2 Å². The third kappa shape index (κ3) is 3.54. The predicted octanol–water partition coefficient (Wildman–Crippen LogP) is 4.08. The number of nitro benzene ring substituents is 1. The van der Waals surface area contributed by atoms with Gasteiger partial charge in [0.15, 0.2) is 0 Å². The largest absolute Gasteiger partial charge is 0.507 e. The quantitative estimate of drug-likeness (QED) is 0.521. The Morgan fingerprint density at radius 2 is 1.95 bits per heavy atom. The van der Waals surface area contributed by atoms with Crippen LogP contribution in [-0.2, 0) is 0 Å². The second kappa shape index (κ2) is 6.47. The molecular formula is C16H14N2O3. The number of hydrogen-bond donors (Lipinski definition) is 1. The minimum absolute atomic E-state index is 0.0483. The van der Waals surface area contributed by atoms with Crippen LogP contribution in [0.2, 0.25) is 0 Å². The molecule has 106 valence electrons. The lowest BCUT2D eigenvalue weighted by Crippen LogP contribution is -1.90. The van der Waals surface area contributed by atoms with Gasteiger partial charge in [0, 0.05) is 23.9 Å². The maximum absolute atomic E-state index is 10.7. The molecule has 0 aliphatic carbocycles. The van der Waals surface area contributed by atoms with Crippen LogP contribution in [0.5, 0.6) is 5.75 Å². The number of para-hydroxylation sites is 1. The minimum atomic E-state index is -0.509. The van der Waals surface area contributed by atoms with Crippen molar-refractivity contribution in [2.75, 3.05) is 0 Å². The van der Waals surface area contributed by atoms with Crippen LogP contribution >= 0.6 is 0 Å². The lowest BCUT2D eigenvalue weighted by molar-refractivity contribution is -0.384. The molecule has 0 aliphatic heterocycles. The first-order valence-corrected chi connectivity index (χ1v) is 6.35. The Morgan fingerprint density at radius 3 is 2.67 bits per heavy atom. The normalized spacial score (nSPS) is 11.3. The van der Waals surface area contributed by atoms with Gasteiger partial charge in [-0.25, -0.2) is 0 Å². The van der Waals surface area contributed by atoms with Gasteiger partial charge in [-0.15, -0.1) is 0 Å². The van der Waals surface area contributed by atoms with Gasteiger partial charge in [0.25, 0.3) is 5.69 Å². The van der Waals surface area contributed by atoms with Gasteiger partial charge in [-0.1, -0.05) is 30.4 Å². The first-order valence-electron chi connectivity index (χ1n) is 6.35. The number of non-ortho nitro benzene ring substituents is 1. The van der Waals surface area contributed by atoms with Gasteiger partial charge in [0.05, 0.1) is 10.6 Å². The van der Waals surface area contributed by atoms with Crippen molar-refractivity contribution in [1.29, 1.82) is 0 Å². The van der Waals surface area contributed by atoms with Crippen LogP contribution in [0.4, 0.5) is 11.4 Å². The molecule has 0 unspecified atom stereocenters. The Balaban J connectivity index is 2.38. The minimum Gasteiger partial charge on any atom is -0.507 e. The SMILES string of the molecule is C/C=C/c1ccccc1N=Cc1cc([N+](=O)[O-])ccc1O. The van der Waals surface area contributed by atoms with E-state index >= 15 is 0 Å². The summed E-state index contributed by atoms with van der Waals surface area (Å²) in [6, 6.07) is 11.3. The summed E-state index contributed by atoms with van der Waals surface area (Å²) in [6.07, 6.45) is 5.24. The number of nitro groups is 1. The van der Waals surface area contributed by atoms with E-state index in [4.69, 9.17) is 0 Å². The molecule has 0 radical (unpaired) electrons. The molecule has 0 bridgehead atoms. The Morgan fingerprint density at radius 1 is 1.19 bits per heavy atom. The van der Waals surface area contributed by atoms with Crippen LogP contribution in [0.3, 0.4) is 0 Å². The molecule has 2 rings (SSSR count). The monoisotopic (exact) mass is 282 g/mol. The highest BCUT2D eigenvalue weighted by atomic mass is 16.6. The third-order valence-electron chi connectivity index (χ3n) is 2.85. The van der Waals surface area contributed by atoms with E-state index < -0.39 is 4.92 Å². The zero-order valence-electron chi connectivity index (χ0n) is 11.4. The van der Waals surface area contributed by atoms with Crippen LogP contribution in [0.25, 0.3) is 6.08 Å². The molecule has 0 amide bonds. The topological polar surface area (TPSA) is 75.7 Å². The number of nitrogens with zero attached hydrogens (tertiary/aromatic N) is 2. The number of aromatic hydroxyl groups is 1. The summed E-state index contributed by atoms with van der Waals surface area (Å²) in [5.41, 5.74) is 1.87. The zero-order valence-corrected chi connectivity index (χ0v) is 11.4. The Bertz CT molecular complexity index is 721. The van der Waals surface area contributed by atoms with E-state index in [9.17, 15) is 15.2 Å². The van der Waals surface area contributed by atoms with E-state index in [1.54, 1.807) is 0 Å². The fraction of sp³-hybridized carbons (Fsp3) is 0.0625.